The minimum atomic E-state index is 0.823. The molecule has 2 heterocycles. The van der Waals surface area contributed by atoms with Gasteiger partial charge in [-0.05, 0) is 89.7 Å². The summed E-state index contributed by atoms with van der Waals surface area (Å²) < 4.78 is 6.14. The summed E-state index contributed by atoms with van der Waals surface area (Å²) in [5, 5.41) is 1.05. The van der Waals surface area contributed by atoms with Crippen molar-refractivity contribution >= 4 is 39.0 Å². The molecule has 0 aliphatic heterocycles. The molecule has 0 amide bonds. The van der Waals surface area contributed by atoms with Gasteiger partial charge in [0.2, 0.25) is 0 Å². The van der Waals surface area contributed by atoms with Crippen LogP contribution in [0.2, 0.25) is 0 Å². The molecule has 0 fully saturated rings. The van der Waals surface area contributed by atoms with Crippen LogP contribution >= 0.6 is 0 Å². The second-order valence-electron chi connectivity index (χ2n) is 11.0. The van der Waals surface area contributed by atoms with Crippen LogP contribution in [0.3, 0.4) is 0 Å². The molecule has 44 heavy (non-hydrogen) atoms. The molecular weight excluding hydrogens is 536 g/mol. The van der Waals surface area contributed by atoms with Gasteiger partial charge in [-0.1, -0.05) is 97.1 Å². The summed E-state index contributed by atoms with van der Waals surface area (Å²) in [4.78, 5) is 7.19. The minimum Gasteiger partial charge on any atom is -0.454 e. The highest BCUT2D eigenvalue weighted by molar-refractivity contribution is 6.02. The number of anilines is 2. The van der Waals surface area contributed by atoms with Crippen LogP contribution in [-0.4, -0.2) is 4.98 Å². The Balaban J connectivity index is 1.21. The van der Waals surface area contributed by atoms with E-state index in [-0.39, 0.29) is 0 Å². The van der Waals surface area contributed by atoms with E-state index in [0.717, 1.165) is 63.0 Å². The van der Waals surface area contributed by atoms with Crippen LogP contribution in [0.1, 0.15) is 18.4 Å². The van der Waals surface area contributed by atoms with E-state index in [2.05, 4.69) is 126 Å². The summed E-state index contributed by atoms with van der Waals surface area (Å²) in [6, 6.07) is 50.6. The molecule has 7 aromatic rings. The van der Waals surface area contributed by atoms with E-state index in [1.165, 1.54) is 22.4 Å². The van der Waals surface area contributed by atoms with E-state index >= 15 is 0 Å². The van der Waals surface area contributed by atoms with Gasteiger partial charge in [-0.25, -0.2) is 0 Å². The molecule has 0 unspecified atom stereocenters. The molecule has 3 heteroatoms. The maximum absolute atomic E-state index is 6.14. The fourth-order valence-electron chi connectivity index (χ4n) is 6.12. The van der Waals surface area contributed by atoms with Crippen LogP contribution in [0.4, 0.5) is 11.4 Å². The predicted molar refractivity (Wildman–Crippen MR) is 180 cm³/mol. The molecule has 0 radical (unpaired) electrons. The van der Waals surface area contributed by atoms with Crippen molar-refractivity contribution < 1.29 is 4.42 Å². The highest BCUT2D eigenvalue weighted by Gasteiger charge is 2.21. The molecule has 0 N–H and O–H groups in total. The lowest BCUT2D eigenvalue weighted by atomic mass is 9.94. The van der Waals surface area contributed by atoms with Crippen LogP contribution in [0, 0.1) is 12.1 Å². The van der Waals surface area contributed by atoms with Gasteiger partial charge in [0.1, 0.15) is 11.1 Å². The van der Waals surface area contributed by atoms with Gasteiger partial charge in [-0.15, -0.1) is 0 Å². The zero-order valence-corrected chi connectivity index (χ0v) is 24.1. The van der Waals surface area contributed by atoms with Gasteiger partial charge >= 0.3 is 0 Å². The number of rotatable bonds is 6. The molecule has 5 aromatic carbocycles. The van der Waals surface area contributed by atoms with Crippen molar-refractivity contribution in [1.29, 1.82) is 0 Å². The van der Waals surface area contributed by atoms with E-state index in [1.54, 1.807) is 0 Å². The largest absolute Gasteiger partial charge is 0.454 e. The number of nitrogens with zero attached hydrogens (tertiary/aromatic N) is 2. The maximum atomic E-state index is 6.14. The Labute approximate surface area is 257 Å². The van der Waals surface area contributed by atoms with Gasteiger partial charge in [0.15, 0.2) is 5.58 Å². The smallest absolute Gasteiger partial charge is 0.154 e. The number of aromatic nitrogens is 1. The zero-order chi connectivity index (χ0) is 29.3. The van der Waals surface area contributed by atoms with Crippen LogP contribution in [-0.2, 0) is 0 Å². The molecule has 208 valence electrons. The molecule has 0 spiro atoms. The van der Waals surface area contributed by atoms with Crippen molar-refractivity contribution in [1.82, 2.24) is 4.98 Å². The summed E-state index contributed by atoms with van der Waals surface area (Å²) >= 11 is 0. The number of hydrogen-bond donors (Lipinski definition) is 0. The van der Waals surface area contributed by atoms with Crippen molar-refractivity contribution in [3.8, 4) is 22.3 Å². The lowest BCUT2D eigenvalue weighted by molar-refractivity contribution is 0.668. The van der Waals surface area contributed by atoms with Gasteiger partial charge in [0, 0.05) is 34.1 Å². The van der Waals surface area contributed by atoms with E-state index < -0.39 is 0 Å². The first-order chi connectivity index (χ1) is 21.8. The standard InChI is InChI=1S/C41H28N2O/c1-3-11-29(12-4-1)30-19-23-34(24-20-30)43(38-17-9-7-15-36(38)32-13-5-2-6-14-32)35-25-21-31(22-26-35)33-27-40-41(42-28-33)37-16-8-10-18-39(37)44-40/h1-5,7-13,15-21,23-25,27-28H,22,26H2. The third-order valence-corrected chi connectivity index (χ3v) is 8.32. The molecule has 3 nitrogen and oxygen atoms in total. The summed E-state index contributed by atoms with van der Waals surface area (Å²) in [7, 11) is 0. The fourth-order valence-corrected chi connectivity index (χ4v) is 6.12. The second kappa shape index (κ2) is 11.1. The van der Waals surface area contributed by atoms with Crippen molar-refractivity contribution in [2.24, 2.45) is 0 Å². The molecular formula is C41H28N2O. The summed E-state index contributed by atoms with van der Waals surface area (Å²) in [6.07, 6.45) is 8.24. The Morgan fingerprint density at radius 3 is 2.27 bits per heavy atom. The number of fused-ring (bicyclic) bond motifs is 3. The first kappa shape index (κ1) is 25.8. The Kier molecular flexibility index (Phi) is 6.51. The lowest BCUT2D eigenvalue weighted by Gasteiger charge is -2.31. The maximum Gasteiger partial charge on any atom is 0.154 e. The predicted octanol–water partition coefficient (Wildman–Crippen LogP) is 10.8. The number of furan rings is 1. The van der Waals surface area contributed by atoms with Gasteiger partial charge < -0.3 is 9.32 Å². The van der Waals surface area contributed by atoms with Gasteiger partial charge in [0.25, 0.3) is 0 Å². The third kappa shape index (κ3) is 4.73. The summed E-state index contributed by atoms with van der Waals surface area (Å²) in [6.45, 7) is 0. The van der Waals surface area contributed by atoms with Gasteiger partial charge in [-0.2, -0.15) is 0 Å². The first-order valence-electron chi connectivity index (χ1n) is 14.9. The Hall–Kier alpha value is -5.85. The first-order valence-corrected chi connectivity index (χ1v) is 14.9. The van der Waals surface area contributed by atoms with Gasteiger partial charge in [0.05, 0.1) is 5.69 Å². The molecule has 1 aliphatic carbocycles. The van der Waals surface area contributed by atoms with Crippen molar-refractivity contribution in [3.05, 3.63) is 169 Å². The number of allylic oxidation sites excluding steroid dienone is 4. The average Bonchev–Trinajstić information content (AvgIpc) is 3.48. The van der Waals surface area contributed by atoms with Crippen molar-refractivity contribution in [2.75, 3.05) is 4.90 Å². The summed E-state index contributed by atoms with van der Waals surface area (Å²) in [5.74, 6) is 0. The molecule has 0 bridgehead atoms. The Bertz CT molecular complexity index is 2160. The summed E-state index contributed by atoms with van der Waals surface area (Å²) in [5.41, 5.74) is 13.0. The van der Waals surface area contributed by atoms with Crippen LogP contribution in [0.15, 0.2) is 156 Å². The number of benzene rings is 4. The van der Waals surface area contributed by atoms with E-state index in [9.17, 15) is 0 Å². The third-order valence-electron chi connectivity index (χ3n) is 8.32. The zero-order valence-electron chi connectivity index (χ0n) is 24.1. The molecule has 0 saturated heterocycles. The van der Waals surface area contributed by atoms with Crippen molar-refractivity contribution in [3.63, 3.8) is 0 Å². The van der Waals surface area contributed by atoms with Crippen LogP contribution in [0.5, 0.6) is 0 Å². The van der Waals surface area contributed by atoms with Crippen LogP contribution < -0.4 is 4.90 Å². The molecule has 1 aliphatic rings. The number of para-hydroxylation sites is 2. The highest BCUT2D eigenvalue weighted by atomic mass is 16.3. The lowest BCUT2D eigenvalue weighted by Crippen LogP contribution is -2.18. The number of pyridine rings is 1. The monoisotopic (exact) mass is 564 g/mol. The van der Waals surface area contributed by atoms with E-state index in [0.29, 0.717) is 0 Å². The number of hydrogen-bond acceptors (Lipinski definition) is 3. The van der Waals surface area contributed by atoms with Crippen molar-refractivity contribution in [2.45, 2.75) is 12.8 Å². The topological polar surface area (TPSA) is 29.3 Å². The molecule has 0 atom stereocenters. The van der Waals surface area contributed by atoms with Crippen LogP contribution in [0.25, 0.3) is 49.9 Å². The van der Waals surface area contributed by atoms with E-state index in [4.69, 9.17) is 9.40 Å². The SMILES string of the molecule is c1cccc(-c2ccccc2N(C2=CC=C(c3cnc4c(c3)oc3ccccc34)CC2)c2ccc(-c3ccccc3)cc2)c#1. The molecule has 0 saturated carbocycles. The van der Waals surface area contributed by atoms with E-state index in [1.807, 2.05) is 36.5 Å². The Morgan fingerprint density at radius 2 is 1.45 bits per heavy atom. The van der Waals surface area contributed by atoms with Gasteiger partial charge in [-0.3, -0.25) is 4.98 Å². The molecule has 8 rings (SSSR count). The fraction of sp³-hybridized carbons (Fsp3) is 0.0488. The quantitative estimate of drug-likeness (QED) is 0.201. The minimum absolute atomic E-state index is 0.823. The second-order valence-corrected chi connectivity index (χ2v) is 11.0. The average molecular weight is 565 g/mol. The molecule has 2 aromatic heterocycles. The Morgan fingerprint density at radius 1 is 0.659 bits per heavy atom. The highest BCUT2D eigenvalue weighted by Crippen LogP contribution is 2.41. The normalized spacial score (nSPS) is 12.9.